The Morgan fingerprint density at radius 2 is 1.57 bits per heavy atom. The van der Waals surface area contributed by atoms with Crippen LogP contribution in [-0.4, -0.2) is 15.0 Å². The van der Waals surface area contributed by atoms with Gasteiger partial charge >= 0.3 is 6.18 Å². The molecule has 0 spiro atoms. The van der Waals surface area contributed by atoms with Crippen molar-refractivity contribution >= 4 is 11.5 Å². The van der Waals surface area contributed by atoms with Gasteiger partial charge in [-0.15, -0.1) is 0 Å². The first-order valence-electron chi connectivity index (χ1n) is 8.93. The molecule has 150 valence electrons. The maximum Gasteiger partial charge on any atom is 0.416 e. The summed E-state index contributed by atoms with van der Waals surface area (Å²) in [4.78, 5) is 12.2. The number of halogens is 3. The number of hydrogen-bond donors (Lipinski definition) is 1. The molecule has 0 amide bonds. The Balaban J connectivity index is 1.51. The molecule has 0 saturated heterocycles. The fourth-order valence-electron chi connectivity index (χ4n) is 2.76. The van der Waals surface area contributed by atoms with Crippen LogP contribution in [0.1, 0.15) is 5.56 Å². The molecule has 3 aromatic heterocycles. The minimum atomic E-state index is -4.42. The third kappa shape index (κ3) is 4.54. The molecule has 0 atom stereocenters. The SMILES string of the molecule is FC(F)(F)c1ccnc(Nc2ccc(Oc3ncccc3-c3ccncc3)cc2)c1. The summed E-state index contributed by atoms with van der Waals surface area (Å²) in [6, 6.07) is 16.1. The van der Waals surface area contributed by atoms with Crippen LogP contribution in [0.15, 0.2) is 85.5 Å². The number of alkyl halides is 3. The summed E-state index contributed by atoms with van der Waals surface area (Å²) < 4.78 is 44.4. The molecule has 0 aliphatic heterocycles. The van der Waals surface area contributed by atoms with Crippen LogP contribution in [0.2, 0.25) is 0 Å². The van der Waals surface area contributed by atoms with Gasteiger partial charge in [-0.3, -0.25) is 4.98 Å². The number of nitrogens with zero attached hydrogens (tertiary/aromatic N) is 3. The summed E-state index contributed by atoms with van der Waals surface area (Å²) in [5.74, 6) is 1.07. The van der Waals surface area contributed by atoms with Gasteiger partial charge in [0.05, 0.1) is 5.56 Å². The number of anilines is 2. The van der Waals surface area contributed by atoms with E-state index in [1.807, 2.05) is 24.3 Å². The van der Waals surface area contributed by atoms with Crippen molar-refractivity contribution < 1.29 is 17.9 Å². The molecule has 0 aliphatic carbocycles. The molecule has 0 aliphatic rings. The molecular formula is C22H15F3N4O. The van der Waals surface area contributed by atoms with Crippen LogP contribution in [-0.2, 0) is 6.18 Å². The molecule has 8 heteroatoms. The normalized spacial score (nSPS) is 11.2. The van der Waals surface area contributed by atoms with Crippen LogP contribution in [0.5, 0.6) is 11.6 Å². The summed E-state index contributed by atoms with van der Waals surface area (Å²) in [5, 5.41) is 2.86. The second-order valence-corrected chi connectivity index (χ2v) is 6.27. The van der Waals surface area contributed by atoms with Crippen LogP contribution >= 0.6 is 0 Å². The molecule has 4 rings (SSSR count). The Morgan fingerprint density at radius 1 is 0.800 bits per heavy atom. The first-order valence-corrected chi connectivity index (χ1v) is 8.93. The van der Waals surface area contributed by atoms with E-state index in [1.165, 1.54) is 0 Å². The second kappa shape index (κ2) is 8.20. The minimum Gasteiger partial charge on any atom is -0.438 e. The zero-order valence-corrected chi connectivity index (χ0v) is 15.5. The number of hydrogen-bond acceptors (Lipinski definition) is 5. The van der Waals surface area contributed by atoms with Crippen molar-refractivity contribution in [3.63, 3.8) is 0 Å². The molecule has 0 saturated carbocycles. The topological polar surface area (TPSA) is 59.9 Å². The highest BCUT2D eigenvalue weighted by Crippen LogP contribution is 2.32. The van der Waals surface area contributed by atoms with E-state index >= 15 is 0 Å². The number of ether oxygens (including phenoxy) is 1. The summed E-state index contributed by atoms with van der Waals surface area (Å²) in [6.45, 7) is 0. The average Bonchev–Trinajstić information content (AvgIpc) is 2.76. The van der Waals surface area contributed by atoms with Gasteiger partial charge in [0.1, 0.15) is 11.6 Å². The number of nitrogens with one attached hydrogen (secondary N) is 1. The van der Waals surface area contributed by atoms with E-state index in [4.69, 9.17) is 4.74 Å². The molecule has 0 fully saturated rings. The third-order valence-electron chi connectivity index (χ3n) is 4.19. The first kappa shape index (κ1) is 19.4. The fraction of sp³-hybridized carbons (Fsp3) is 0.0455. The zero-order chi connectivity index (χ0) is 21.0. The van der Waals surface area contributed by atoms with Crippen molar-refractivity contribution in [3.05, 3.63) is 91.0 Å². The Hall–Kier alpha value is -3.94. The number of pyridine rings is 3. The lowest BCUT2D eigenvalue weighted by molar-refractivity contribution is -0.137. The van der Waals surface area contributed by atoms with Gasteiger partial charge in [0.25, 0.3) is 0 Å². The van der Waals surface area contributed by atoms with Gasteiger partial charge < -0.3 is 10.1 Å². The van der Waals surface area contributed by atoms with Gasteiger partial charge in [0, 0.05) is 36.0 Å². The standard InChI is InChI=1S/C22H15F3N4O/c23-22(24,25)16-9-13-27-20(14-16)29-17-3-5-18(6-4-17)30-21-19(2-1-10-28-21)15-7-11-26-12-8-15/h1-14H,(H,27,29). The van der Waals surface area contributed by atoms with Gasteiger partial charge in [-0.1, -0.05) is 0 Å². The van der Waals surface area contributed by atoms with Crippen LogP contribution in [0.4, 0.5) is 24.7 Å². The Morgan fingerprint density at radius 3 is 2.30 bits per heavy atom. The van der Waals surface area contributed by atoms with E-state index in [9.17, 15) is 13.2 Å². The molecule has 1 N–H and O–H groups in total. The zero-order valence-electron chi connectivity index (χ0n) is 15.5. The van der Waals surface area contributed by atoms with Gasteiger partial charge in [-0.05, 0) is 66.2 Å². The van der Waals surface area contributed by atoms with Gasteiger partial charge in [0.15, 0.2) is 0 Å². The van der Waals surface area contributed by atoms with Crippen molar-refractivity contribution in [2.75, 3.05) is 5.32 Å². The van der Waals surface area contributed by atoms with Crippen molar-refractivity contribution in [2.45, 2.75) is 6.18 Å². The van der Waals surface area contributed by atoms with E-state index < -0.39 is 11.7 Å². The molecule has 1 aromatic carbocycles. The average molecular weight is 408 g/mol. The predicted octanol–water partition coefficient (Wildman–Crippen LogP) is 6.09. The van der Waals surface area contributed by atoms with Gasteiger partial charge in [-0.25, -0.2) is 9.97 Å². The highest BCUT2D eigenvalue weighted by Gasteiger charge is 2.30. The highest BCUT2D eigenvalue weighted by molar-refractivity contribution is 5.68. The van der Waals surface area contributed by atoms with E-state index in [-0.39, 0.29) is 5.82 Å². The van der Waals surface area contributed by atoms with Crippen molar-refractivity contribution in [1.82, 2.24) is 15.0 Å². The molecule has 0 unspecified atom stereocenters. The monoisotopic (exact) mass is 408 g/mol. The molecular weight excluding hydrogens is 393 g/mol. The van der Waals surface area contributed by atoms with Crippen LogP contribution in [0.25, 0.3) is 11.1 Å². The van der Waals surface area contributed by atoms with Crippen molar-refractivity contribution in [3.8, 4) is 22.8 Å². The molecule has 0 radical (unpaired) electrons. The van der Waals surface area contributed by atoms with Crippen LogP contribution in [0.3, 0.4) is 0 Å². The molecule has 4 aromatic rings. The van der Waals surface area contributed by atoms with Gasteiger partial charge in [-0.2, -0.15) is 13.2 Å². The molecule has 5 nitrogen and oxygen atoms in total. The van der Waals surface area contributed by atoms with Crippen molar-refractivity contribution in [2.24, 2.45) is 0 Å². The van der Waals surface area contributed by atoms with E-state index in [2.05, 4.69) is 20.3 Å². The number of benzene rings is 1. The lowest BCUT2D eigenvalue weighted by Gasteiger charge is -2.12. The van der Waals surface area contributed by atoms with E-state index in [0.717, 1.165) is 29.5 Å². The van der Waals surface area contributed by atoms with Gasteiger partial charge in [0.2, 0.25) is 5.88 Å². The second-order valence-electron chi connectivity index (χ2n) is 6.27. The van der Waals surface area contributed by atoms with Crippen LogP contribution < -0.4 is 10.1 Å². The summed E-state index contributed by atoms with van der Waals surface area (Å²) >= 11 is 0. The Bertz CT molecular complexity index is 1130. The molecule has 3 heterocycles. The third-order valence-corrected chi connectivity index (χ3v) is 4.19. The number of aromatic nitrogens is 3. The maximum absolute atomic E-state index is 12.8. The fourth-order valence-corrected chi connectivity index (χ4v) is 2.76. The Kier molecular flexibility index (Phi) is 5.30. The molecule has 30 heavy (non-hydrogen) atoms. The Labute approximate surface area is 170 Å². The quantitative estimate of drug-likeness (QED) is 0.433. The van der Waals surface area contributed by atoms with E-state index in [1.54, 1.807) is 42.9 Å². The largest absolute Gasteiger partial charge is 0.438 e. The van der Waals surface area contributed by atoms with Crippen molar-refractivity contribution in [1.29, 1.82) is 0 Å². The smallest absolute Gasteiger partial charge is 0.416 e. The lowest BCUT2D eigenvalue weighted by Crippen LogP contribution is -2.06. The predicted molar refractivity (Wildman–Crippen MR) is 107 cm³/mol. The molecule has 0 bridgehead atoms. The minimum absolute atomic E-state index is 0.100. The van der Waals surface area contributed by atoms with Crippen LogP contribution in [0, 0.1) is 0 Å². The van der Waals surface area contributed by atoms with E-state index in [0.29, 0.717) is 17.3 Å². The summed E-state index contributed by atoms with van der Waals surface area (Å²) in [7, 11) is 0. The lowest BCUT2D eigenvalue weighted by atomic mass is 10.1. The highest BCUT2D eigenvalue weighted by atomic mass is 19.4. The first-order chi connectivity index (χ1) is 14.5. The summed E-state index contributed by atoms with van der Waals surface area (Å²) in [5.41, 5.74) is 1.54. The number of rotatable bonds is 5. The summed E-state index contributed by atoms with van der Waals surface area (Å²) in [6.07, 6.45) is 1.70. The maximum atomic E-state index is 12.8.